The third-order valence-electron chi connectivity index (χ3n) is 4.35. The van der Waals surface area contributed by atoms with Gasteiger partial charge in [0.25, 0.3) is 0 Å². The van der Waals surface area contributed by atoms with Gasteiger partial charge in [-0.05, 0) is 68.3 Å². The van der Waals surface area contributed by atoms with Crippen molar-refractivity contribution in [3.63, 3.8) is 0 Å². The lowest BCUT2D eigenvalue weighted by atomic mass is 10.2. The summed E-state index contributed by atoms with van der Waals surface area (Å²) in [6, 6.07) is 15.0. The third-order valence-corrected chi connectivity index (χ3v) is 6.28. The number of aliphatic imine (C=N–C) groups is 1. The molecule has 3 aromatic rings. The van der Waals surface area contributed by atoms with Crippen molar-refractivity contribution >= 4 is 45.2 Å². The summed E-state index contributed by atoms with van der Waals surface area (Å²) in [5, 5.41) is 0.706. The molecule has 0 spiro atoms. The van der Waals surface area contributed by atoms with Gasteiger partial charge < -0.3 is 8.92 Å². The number of aryl methyl sites for hydroxylation is 2. The molecule has 0 aliphatic carbocycles. The molecule has 0 aromatic heterocycles. The van der Waals surface area contributed by atoms with Crippen LogP contribution >= 0.6 is 23.2 Å². The molecule has 8 heteroatoms. The zero-order valence-electron chi connectivity index (χ0n) is 17.2. The normalized spacial score (nSPS) is 11.6. The Hall–Kier alpha value is -2.54. The maximum atomic E-state index is 12.7. The van der Waals surface area contributed by atoms with Crippen LogP contribution in [0, 0.1) is 13.8 Å². The highest BCUT2D eigenvalue weighted by atomic mass is 35.5. The van der Waals surface area contributed by atoms with Gasteiger partial charge in [0.1, 0.15) is 4.90 Å². The summed E-state index contributed by atoms with van der Waals surface area (Å²) in [5.74, 6) is 0.133. The smallest absolute Gasteiger partial charge is 0.339 e. The summed E-state index contributed by atoms with van der Waals surface area (Å²) in [5.41, 5.74) is 3.18. The molecule has 0 radical (unpaired) electrons. The molecule has 0 fully saturated rings. The fourth-order valence-electron chi connectivity index (χ4n) is 2.68. The third kappa shape index (κ3) is 5.79. The second-order valence-electron chi connectivity index (χ2n) is 6.81. The van der Waals surface area contributed by atoms with Gasteiger partial charge in [-0.3, -0.25) is 4.99 Å². The summed E-state index contributed by atoms with van der Waals surface area (Å²) < 4.78 is 36.3. The monoisotopic (exact) mass is 477 g/mol. The standard InChI is InChI=1S/C23H21Cl2NO4S/c1-4-29-22-12-17(14-26-18-8-7-16(3)20(24)13-18)11-21(25)23(22)30-31(27,28)19-9-5-15(2)6-10-19/h5-14H,4H2,1-3H3. The zero-order valence-corrected chi connectivity index (χ0v) is 19.6. The highest BCUT2D eigenvalue weighted by Crippen LogP contribution is 2.38. The van der Waals surface area contributed by atoms with E-state index in [1.54, 1.807) is 43.5 Å². The van der Waals surface area contributed by atoms with Gasteiger partial charge in [0.15, 0.2) is 5.75 Å². The van der Waals surface area contributed by atoms with Gasteiger partial charge in [0.05, 0.1) is 17.3 Å². The average molecular weight is 478 g/mol. The molecule has 31 heavy (non-hydrogen) atoms. The van der Waals surface area contributed by atoms with Crippen LogP contribution in [0.15, 0.2) is 64.5 Å². The summed E-state index contributed by atoms with van der Waals surface area (Å²) in [6.45, 7) is 5.85. The molecule has 0 amide bonds. The van der Waals surface area contributed by atoms with Crippen LogP contribution in [0.4, 0.5) is 5.69 Å². The van der Waals surface area contributed by atoms with E-state index in [1.807, 2.05) is 26.0 Å². The number of nitrogens with zero attached hydrogens (tertiary/aromatic N) is 1. The largest absolute Gasteiger partial charge is 0.490 e. The Bertz CT molecular complexity index is 1220. The van der Waals surface area contributed by atoms with Crippen molar-refractivity contribution in [2.45, 2.75) is 25.7 Å². The Morgan fingerprint density at radius 2 is 1.68 bits per heavy atom. The Morgan fingerprint density at radius 1 is 0.968 bits per heavy atom. The molecular weight excluding hydrogens is 457 g/mol. The van der Waals surface area contributed by atoms with Gasteiger partial charge in [0, 0.05) is 11.2 Å². The number of halogens is 2. The maximum absolute atomic E-state index is 12.7. The highest BCUT2D eigenvalue weighted by molar-refractivity contribution is 7.87. The van der Waals surface area contributed by atoms with Gasteiger partial charge in [-0.2, -0.15) is 8.42 Å². The van der Waals surface area contributed by atoms with Crippen LogP contribution in [0.5, 0.6) is 11.5 Å². The summed E-state index contributed by atoms with van der Waals surface area (Å²) in [7, 11) is -4.08. The minimum Gasteiger partial charge on any atom is -0.490 e. The van der Waals surface area contributed by atoms with Gasteiger partial charge in [-0.15, -0.1) is 0 Å². The maximum Gasteiger partial charge on any atom is 0.339 e. The van der Waals surface area contributed by atoms with Gasteiger partial charge in [0.2, 0.25) is 5.75 Å². The van der Waals surface area contributed by atoms with E-state index >= 15 is 0 Å². The minimum absolute atomic E-state index is 0.0264. The summed E-state index contributed by atoms with van der Waals surface area (Å²) in [4.78, 5) is 4.42. The first-order valence-electron chi connectivity index (χ1n) is 9.47. The number of rotatable bonds is 7. The molecule has 0 saturated carbocycles. The second-order valence-corrected chi connectivity index (χ2v) is 9.17. The minimum atomic E-state index is -4.08. The molecule has 0 saturated heterocycles. The Labute approximate surface area is 192 Å². The van der Waals surface area contributed by atoms with Crippen LogP contribution in [0.3, 0.4) is 0 Å². The Morgan fingerprint density at radius 3 is 2.32 bits per heavy atom. The molecule has 3 aromatic carbocycles. The number of hydrogen-bond acceptors (Lipinski definition) is 5. The average Bonchev–Trinajstić information content (AvgIpc) is 2.72. The first-order chi connectivity index (χ1) is 14.7. The lowest BCUT2D eigenvalue weighted by Gasteiger charge is -2.14. The molecule has 162 valence electrons. The summed E-state index contributed by atoms with van der Waals surface area (Å²) in [6.07, 6.45) is 1.59. The molecule has 0 bridgehead atoms. The van der Waals surface area contributed by atoms with E-state index in [2.05, 4.69) is 4.99 Å². The Balaban J connectivity index is 1.93. The van der Waals surface area contributed by atoms with Crippen LogP contribution in [0.2, 0.25) is 10.0 Å². The first kappa shape index (κ1) is 23.1. The van der Waals surface area contributed by atoms with Crippen molar-refractivity contribution in [3.8, 4) is 11.5 Å². The highest BCUT2D eigenvalue weighted by Gasteiger charge is 2.22. The first-order valence-corrected chi connectivity index (χ1v) is 11.6. The predicted molar refractivity (Wildman–Crippen MR) is 125 cm³/mol. The molecular formula is C23H21Cl2NO4S. The lowest BCUT2D eigenvalue weighted by molar-refractivity contribution is 0.327. The second kappa shape index (κ2) is 9.73. The molecule has 0 atom stereocenters. The lowest BCUT2D eigenvalue weighted by Crippen LogP contribution is -2.11. The van der Waals surface area contributed by atoms with E-state index in [4.69, 9.17) is 32.1 Å². The van der Waals surface area contributed by atoms with Crippen LogP contribution in [-0.2, 0) is 10.1 Å². The van der Waals surface area contributed by atoms with Crippen molar-refractivity contribution in [3.05, 3.63) is 81.3 Å². The van der Waals surface area contributed by atoms with Crippen molar-refractivity contribution in [2.75, 3.05) is 6.61 Å². The number of benzene rings is 3. The van der Waals surface area contributed by atoms with E-state index < -0.39 is 10.1 Å². The van der Waals surface area contributed by atoms with Crippen molar-refractivity contribution in [2.24, 2.45) is 4.99 Å². The molecule has 5 nitrogen and oxygen atoms in total. The van der Waals surface area contributed by atoms with E-state index in [-0.39, 0.29) is 21.4 Å². The topological polar surface area (TPSA) is 65.0 Å². The van der Waals surface area contributed by atoms with Crippen molar-refractivity contribution < 1.29 is 17.3 Å². The van der Waals surface area contributed by atoms with Gasteiger partial charge >= 0.3 is 10.1 Å². The van der Waals surface area contributed by atoms with Crippen LogP contribution < -0.4 is 8.92 Å². The fourth-order valence-corrected chi connectivity index (χ4v) is 4.12. The van der Waals surface area contributed by atoms with E-state index in [0.29, 0.717) is 22.9 Å². The van der Waals surface area contributed by atoms with E-state index in [0.717, 1.165) is 11.1 Å². The quantitative estimate of drug-likeness (QED) is 0.286. The fraction of sp³-hybridized carbons (Fsp3) is 0.174. The molecule has 0 unspecified atom stereocenters. The summed E-state index contributed by atoms with van der Waals surface area (Å²) >= 11 is 12.5. The molecule has 0 heterocycles. The van der Waals surface area contributed by atoms with Crippen molar-refractivity contribution in [1.29, 1.82) is 0 Å². The Kier molecular flexibility index (Phi) is 7.26. The zero-order chi connectivity index (χ0) is 22.6. The SMILES string of the molecule is CCOc1cc(C=Nc2ccc(C)c(Cl)c2)cc(Cl)c1OS(=O)(=O)c1ccc(C)cc1. The van der Waals surface area contributed by atoms with E-state index in [9.17, 15) is 8.42 Å². The van der Waals surface area contributed by atoms with Crippen LogP contribution in [-0.4, -0.2) is 21.2 Å². The van der Waals surface area contributed by atoms with Crippen LogP contribution in [0.1, 0.15) is 23.6 Å². The molecule has 3 rings (SSSR count). The molecule has 0 aliphatic rings. The molecule has 0 aliphatic heterocycles. The number of hydrogen-bond donors (Lipinski definition) is 0. The van der Waals surface area contributed by atoms with Gasteiger partial charge in [-0.25, -0.2) is 0 Å². The molecule has 0 N–H and O–H groups in total. The van der Waals surface area contributed by atoms with Gasteiger partial charge in [-0.1, -0.05) is 47.0 Å². The predicted octanol–water partition coefficient (Wildman–Crippen LogP) is 6.53. The van der Waals surface area contributed by atoms with Crippen LogP contribution in [0.25, 0.3) is 0 Å². The van der Waals surface area contributed by atoms with Crippen molar-refractivity contribution in [1.82, 2.24) is 0 Å². The van der Waals surface area contributed by atoms with E-state index in [1.165, 1.54) is 12.1 Å². The number of ether oxygens (including phenoxy) is 1.